The number of benzene rings is 2. The highest BCUT2D eigenvalue weighted by Gasteiger charge is 2.16. The Bertz CT molecular complexity index is 719. The molecule has 2 nitrogen and oxygen atoms in total. The third-order valence-corrected chi connectivity index (χ3v) is 3.59. The first kappa shape index (κ1) is 12.4. The van der Waals surface area contributed by atoms with Crippen LogP contribution in [0.3, 0.4) is 0 Å². The van der Waals surface area contributed by atoms with Gasteiger partial charge in [-0.25, -0.2) is 4.39 Å². The Hall–Kier alpha value is -1.65. The van der Waals surface area contributed by atoms with E-state index in [0.717, 1.165) is 9.86 Å². The van der Waals surface area contributed by atoms with Gasteiger partial charge in [-0.2, -0.15) is 0 Å². The summed E-state index contributed by atoms with van der Waals surface area (Å²) in [5.74, 6) is 0.108. The number of hydrogen-bond acceptors (Lipinski definition) is 2. The van der Waals surface area contributed by atoms with E-state index in [1.165, 1.54) is 12.1 Å². The van der Waals surface area contributed by atoms with Crippen molar-refractivity contribution in [1.82, 2.24) is 0 Å². The van der Waals surface area contributed by atoms with Crippen LogP contribution < -0.4 is 0 Å². The molecule has 0 aliphatic carbocycles. The van der Waals surface area contributed by atoms with Crippen molar-refractivity contribution in [1.29, 1.82) is 0 Å². The number of furan rings is 1. The average Bonchev–Trinajstić information content (AvgIpc) is 2.84. The predicted molar refractivity (Wildman–Crippen MR) is 74.4 cm³/mol. The van der Waals surface area contributed by atoms with Crippen LogP contribution in [0.25, 0.3) is 11.0 Å². The molecule has 0 aliphatic rings. The zero-order chi connectivity index (χ0) is 13.4. The molecule has 1 atom stereocenters. The SMILES string of the molecule is OC(c1ccc(F)cc1)c1cc2cccc(Br)c2o1. The lowest BCUT2D eigenvalue weighted by molar-refractivity contribution is 0.192. The Morgan fingerprint density at radius 2 is 1.84 bits per heavy atom. The second-order valence-corrected chi connectivity index (χ2v) is 5.12. The molecule has 0 spiro atoms. The van der Waals surface area contributed by atoms with E-state index in [9.17, 15) is 9.50 Å². The summed E-state index contributed by atoms with van der Waals surface area (Å²) in [6, 6.07) is 13.2. The highest BCUT2D eigenvalue weighted by Crippen LogP contribution is 2.32. The van der Waals surface area contributed by atoms with Crippen LogP contribution in [0.15, 0.2) is 57.4 Å². The Balaban J connectivity index is 2.04. The topological polar surface area (TPSA) is 33.4 Å². The Labute approximate surface area is 117 Å². The number of halogens is 2. The molecule has 0 aliphatic heterocycles. The highest BCUT2D eigenvalue weighted by atomic mass is 79.9. The van der Waals surface area contributed by atoms with Crippen LogP contribution in [0, 0.1) is 5.82 Å². The minimum atomic E-state index is -0.903. The molecule has 1 unspecified atom stereocenters. The molecule has 4 heteroatoms. The normalized spacial score (nSPS) is 12.8. The minimum absolute atomic E-state index is 0.330. The van der Waals surface area contributed by atoms with Crippen LogP contribution in [0.4, 0.5) is 4.39 Å². The first-order chi connectivity index (χ1) is 9.15. The van der Waals surface area contributed by atoms with Crippen LogP contribution >= 0.6 is 15.9 Å². The van der Waals surface area contributed by atoms with Gasteiger partial charge < -0.3 is 9.52 Å². The van der Waals surface area contributed by atoms with Crippen LogP contribution in [0.2, 0.25) is 0 Å². The van der Waals surface area contributed by atoms with Crippen molar-refractivity contribution in [3.63, 3.8) is 0 Å². The quantitative estimate of drug-likeness (QED) is 0.758. The maximum absolute atomic E-state index is 12.9. The monoisotopic (exact) mass is 320 g/mol. The van der Waals surface area contributed by atoms with Gasteiger partial charge in [0.05, 0.1) is 4.47 Å². The lowest BCUT2D eigenvalue weighted by Crippen LogP contribution is -1.97. The molecular weight excluding hydrogens is 311 g/mol. The number of hydrogen-bond donors (Lipinski definition) is 1. The average molecular weight is 321 g/mol. The van der Waals surface area contributed by atoms with Gasteiger partial charge in [-0.3, -0.25) is 0 Å². The largest absolute Gasteiger partial charge is 0.457 e. The summed E-state index contributed by atoms with van der Waals surface area (Å²) in [5, 5.41) is 11.2. The third-order valence-electron chi connectivity index (χ3n) is 2.97. The van der Waals surface area contributed by atoms with Gasteiger partial charge in [-0.15, -0.1) is 0 Å². The maximum Gasteiger partial charge on any atom is 0.148 e. The van der Waals surface area contributed by atoms with Gasteiger partial charge in [0.1, 0.15) is 23.3 Å². The van der Waals surface area contributed by atoms with Crippen LogP contribution in [-0.2, 0) is 0 Å². The molecule has 0 fully saturated rings. The van der Waals surface area contributed by atoms with E-state index >= 15 is 0 Å². The molecule has 1 N–H and O–H groups in total. The Kier molecular flexibility index (Phi) is 3.12. The molecule has 3 aromatic rings. The molecule has 1 heterocycles. The molecule has 19 heavy (non-hydrogen) atoms. The van der Waals surface area contributed by atoms with Crippen LogP contribution in [0.5, 0.6) is 0 Å². The van der Waals surface area contributed by atoms with Crippen LogP contribution in [-0.4, -0.2) is 5.11 Å². The first-order valence-corrected chi connectivity index (χ1v) is 6.56. The number of para-hydroxylation sites is 1. The Morgan fingerprint density at radius 3 is 2.53 bits per heavy atom. The molecule has 0 saturated carbocycles. The number of aliphatic hydroxyl groups excluding tert-OH is 1. The second kappa shape index (κ2) is 4.79. The van der Waals surface area contributed by atoms with Gasteiger partial charge in [0.2, 0.25) is 0 Å². The summed E-state index contributed by atoms with van der Waals surface area (Å²) in [5.41, 5.74) is 1.29. The first-order valence-electron chi connectivity index (χ1n) is 5.76. The van der Waals surface area contributed by atoms with E-state index in [1.54, 1.807) is 18.2 Å². The van der Waals surface area contributed by atoms with Gasteiger partial charge in [-0.1, -0.05) is 24.3 Å². The summed E-state index contributed by atoms with van der Waals surface area (Å²) in [4.78, 5) is 0. The van der Waals surface area contributed by atoms with Gasteiger partial charge in [0.25, 0.3) is 0 Å². The van der Waals surface area contributed by atoms with E-state index in [-0.39, 0.29) is 5.82 Å². The fourth-order valence-corrected chi connectivity index (χ4v) is 2.45. The fraction of sp³-hybridized carbons (Fsp3) is 0.0667. The molecule has 1 aromatic heterocycles. The zero-order valence-electron chi connectivity index (χ0n) is 9.81. The van der Waals surface area contributed by atoms with Gasteiger partial charge in [-0.05, 0) is 45.8 Å². The molecule has 2 aromatic carbocycles. The molecule has 0 amide bonds. The van der Waals surface area contributed by atoms with Crippen molar-refractivity contribution in [3.8, 4) is 0 Å². The van der Waals surface area contributed by atoms with Gasteiger partial charge in [0.15, 0.2) is 0 Å². The third kappa shape index (κ3) is 2.29. The highest BCUT2D eigenvalue weighted by molar-refractivity contribution is 9.10. The lowest BCUT2D eigenvalue weighted by Gasteiger charge is -2.07. The van der Waals surface area contributed by atoms with E-state index in [0.29, 0.717) is 16.9 Å². The van der Waals surface area contributed by atoms with Crippen molar-refractivity contribution in [3.05, 3.63) is 70.1 Å². The molecular formula is C15H10BrFO2. The van der Waals surface area contributed by atoms with E-state index < -0.39 is 6.10 Å². The standard InChI is InChI=1S/C15H10BrFO2/c16-12-3-1-2-10-8-13(19-15(10)12)14(18)9-4-6-11(17)7-5-9/h1-8,14,18H. The summed E-state index contributed by atoms with van der Waals surface area (Å²) in [6.07, 6.45) is -0.903. The predicted octanol–water partition coefficient (Wildman–Crippen LogP) is 4.42. The van der Waals surface area contributed by atoms with E-state index in [1.807, 2.05) is 18.2 Å². The summed E-state index contributed by atoms with van der Waals surface area (Å²) < 4.78 is 19.4. The van der Waals surface area contributed by atoms with Crippen LogP contribution in [0.1, 0.15) is 17.4 Å². The maximum atomic E-state index is 12.9. The zero-order valence-corrected chi connectivity index (χ0v) is 11.4. The Morgan fingerprint density at radius 1 is 1.11 bits per heavy atom. The molecule has 96 valence electrons. The summed E-state index contributed by atoms with van der Waals surface area (Å²) >= 11 is 3.40. The molecule has 3 rings (SSSR count). The fourth-order valence-electron chi connectivity index (χ4n) is 1.99. The molecule has 0 saturated heterocycles. The number of rotatable bonds is 2. The van der Waals surface area contributed by atoms with Crippen molar-refractivity contribution in [2.24, 2.45) is 0 Å². The van der Waals surface area contributed by atoms with Gasteiger partial charge in [0, 0.05) is 5.39 Å². The summed E-state index contributed by atoms with van der Waals surface area (Å²) in [7, 11) is 0. The van der Waals surface area contributed by atoms with E-state index in [4.69, 9.17) is 4.42 Å². The smallest absolute Gasteiger partial charge is 0.148 e. The number of aliphatic hydroxyl groups is 1. The van der Waals surface area contributed by atoms with Crippen molar-refractivity contribution in [2.45, 2.75) is 6.10 Å². The summed E-state index contributed by atoms with van der Waals surface area (Å²) in [6.45, 7) is 0. The molecule has 0 radical (unpaired) electrons. The van der Waals surface area contributed by atoms with Crippen molar-refractivity contribution < 1.29 is 13.9 Å². The van der Waals surface area contributed by atoms with Gasteiger partial charge >= 0.3 is 0 Å². The second-order valence-electron chi connectivity index (χ2n) is 4.26. The van der Waals surface area contributed by atoms with Crippen molar-refractivity contribution in [2.75, 3.05) is 0 Å². The lowest BCUT2D eigenvalue weighted by atomic mass is 10.1. The van der Waals surface area contributed by atoms with E-state index in [2.05, 4.69) is 15.9 Å². The number of fused-ring (bicyclic) bond motifs is 1. The van der Waals surface area contributed by atoms with Crippen molar-refractivity contribution >= 4 is 26.9 Å². The molecule has 0 bridgehead atoms. The minimum Gasteiger partial charge on any atom is -0.457 e.